The average molecular weight is 240 g/mol. The van der Waals surface area contributed by atoms with Gasteiger partial charge in [-0.25, -0.2) is 0 Å². The normalized spacial score (nSPS) is 26.4. The van der Waals surface area contributed by atoms with Gasteiger partial charge in [-0.2, -0.15) is 0 Å². The number of nitrogens with one attached hydrogen (secondary N) is 1. The number of hydrogen-bond donors (Lipinski definition) is 1. The maximum atomic E-state index is 5.61. The molecule has 3 heteroatoms. The molecule has 0 aromatic carbocycles. The predicted molar refractivity (Wildman–Crippen MR) is 73.3 cm³/mol. The SMILES string of the molecule is C=CCCOCCN1CC(C)NCC1C(C)C. The first-order valence-corrected chi connectivity index (χ1v) is 6.81. The molecule has 2 unspecified atom stereocenters. The van der Waals surface area contributed by atoms with Gasteiger partial charge < -0.3 is 10.1 Å². The van der Waals surface area contributed by atoms with E-state index in [1.165, 1.54) is 0 Å². The Bertz CT molecular complexity index is 218. The van der Waals surface area contributed by atoms with Gasteiger partial charge in [0.25, 0.3) is 0 Å². The molecule has 1 N–H and O–H groups in total. The maximum Gasteiger partial charge on any atom is 0.0593 e. The van der Waals surface area contributed by atoms with Gasteiger partial charge in [-0.15, -0.1) is 6.58 Å². The van der Waals surface area contributed by atoms with Gasteiger partial charge in [0, 0.05) is 31.7 Å². The van der Waals surface area contributed by atoms with E-state index >= 15 is 0 Å². The smallest absolute Gasteiger partial charge is 0.0593 e. The van der Waals surface area contributed by atoms with Gasteiger partial charge in [-0.05, 0) is 19.3 Å². The highest BCUT2D eigenvalue weighted by Gasteiger charge is 2.27. The quantitative estimate of drug-likeness (QED) is 0.543. The van der Waals surface area contributed by atoms with Crippen LogP contribution in [0.2, 0.25) is 0 Å². The third kappa shape index (κ3) is 5.19. The fourth-order valence-corrected chi connectivity index (χ4v) is 2.37. The van der Waals surface area contributed by atoms with E-state index in [9.17, 15) is 0 Å². The van der Waals surface area contributed by atoms with Crippen LogP contribution in [-0.4, -0.2) is 49.8 Å². The van der Waals surface area contributed by atoms with Gasteiger partial charge in [0.15, 0.2) is 0 Å². The summed E-state index contributed by atoms with van der Waals surface area (Å²) >= 11 is 0. The molecule has 100 valence electrons. The third-order valence-corrected chi connectivity index (χ3v) is 3.41. The second kappa shape index (κ2) is 7.85. The van der Waals surface area contributed by atoms with Crippen LogP contribution in [0.1, 0.15) is 27.2 Å². The van der Waals surface area contributed by atoms with E-state index in [2.05, 4.69) is 37.6 Å². The molecule has 1 aliphatic heterocycles. The second-order valence-corrected chi connectivity index (χ2v) is 5.31. The molecule has 0 aromatic heterocycles. The molecular formula is C14H28N2O. The molecule has 3 nitrogen and oxygen atoms in total. The first-order valence-electron chi connectivity index (χ1n) is 6.81. The molecule has 0 aromatic rings. The molecule has 0 radical (unpaired) electrons. The van der Waals surface area contributed by atoms with Crippen molar-refractivity contribution in [2.24, 2.45) is 5.92 Å². The van der Waals surface area contributed by atoms with Crippen molar-refractivity contribution in [2.75, 3.05) is 32.8 Å². The van der Waals surface area contributed by atoms with Crippen molar-refractivity contribution in [3.8, 4) is 0 Å². The maximum absolute atomic E-state index is 5.61. The van der Waals surface area contributed by atoms with Crippen LogP contribution in [0.4, 0.5) is 0 Å². The zero-order valence-electron chi connectivity index (χ0n) is 11.6. The highest BCUT2D eigenvalue weighted by molar-refractivity contribution is 4.85. The first-order chi connectivity index (χ1) is 8.15. The zero-order chi connectivity index (χ0) is 12.7. The first kappa shape index (κ1) is 14.7. The van der Waals surface area contributed by atoms with Crippen molar-refractivity contribution in [1.29, 1.82) is 0 Å². The van der Waals surface area contributed by atoms with E-state index in [4.69, 9.17) is 4.74 Å². The van der Waals surface area contributed by atoms with Gasteiger partial charge in [0.1, 0.15) is 0 Å². The summed E-state index contributed by atoms with van der Waals surface area (Å²) in [7, 11) is 0. The van der Waals surface area contributed by atoms with Crippen LogP contribution in [0, 0.1) is 5.92 Å². The van der Waals surface area contributed by atoms with Crippen LogP contribution < -0.4 is 5.32 Å². The molecule has 1 saturated heterocycles. The summed E-state index contributed by atoms with van der Waals surface area (Å²) < 4.78 is 5.61. The number of nitrogens with zero attached hydrogens (tertiary/aromatic N) is 1. The number of ether oxygens (including phenoxy) is 1. The van der Waals surface area contributed by atoms with Gasteiger partial charge in [-0.1, -0.05) is 19.9 Å². The van der Waals surface area contributed by atoms with E-state index in [1.807, 2.05) is 6.08 Å². The van der Waals surface area contributed by atoms with Gasteiger partial charge in [0.05, 0.1) is 13.2 Å². The second-order valence-electron chi connectivity index (χ2n) is 5.31. The van der Waals surface area contributed by atoms with Crippen LogP contribution >= 0.6 is 0 Å². The Balaban J connectivity index is 2.28. The molecule has 2 atom stereocenters. The largest absolute Gasteiger partial charge is 0.380 e. The minimum absolute atomic E-state index is 0.596. The highest BCUT2D eigenvalue weighted by atomic mass is 16.5. The Kier molecular flexibility index (Phi) is 6.78. The van der Waals surface area contributed by atoms with Crippen LogP contribution in [0.15, 0.2) is 12.7 Å². The Hall–Kier alpha value is -0.380. The minimum atomic E-state index is 0.596. The van der Waals surface area contributed by atoms with Crippen molar-refractivity contribution in [3.05, 3.63) is 12.7 Å². The Morgan fingerprint density at radius 1 is 1.47 bits per heavy atom. The lowest BCUT2D eigenvalue weighted by Crippen LogP contribution is -2.57. The van der Waals surface area contributed by atoms with E-state index in [1.54, 1.807) is 0 Å². The Morgan fingerprint density at radius 2 is 2.24 bits per heavy atom. The number of hydrogen-bond acceptors (Lipinski definition) is 3. The molecule has 0 spiro atoms. The number of rotatable bonds is 7. The molecule has 0 amide bonds. The average Bonchev–Trinajstić information content (AvgIpc) is 2.28. The summed E-state index contributed by atoms with van der Waals surface area (Å²) in [4.78, 5) is 2.57. The van der Waals surface area contributed by atoms with E-state index in [-0.39, 0.29) is 0 Å². The molecule has 1 fully saturated rings. The van der Waals surface area contributed by atoms with Crippen molar-refractivity contribution < 1.29 is 4.74 Å². The van der Waals surface area contributed by atoms with Gasteiger partial charge in [0.2, 0.25) is 0 Å². The Labute approximate surface area is 106 Å². The van der Waals surface area contributed by atoms with E-state index < -0.39 is 0 Å². The van der Waals surface area contributed by atoms with Crippen LogP contribution in [0.25, 0.3) is 0 Å². The molecule has 0 aliphatic carbocycles. The third-order valence-electron chi connectivity index (χ3n) is 3.41. The molecular weight excluding hydrogens is 212 g/mol. The monoisotopic (exact) mass is 240 g/mol. The van der Waals surface area contributed by atoms with Crippen LogP contribution in [0.5, 0.6) is 0 Å². The van der Waals surface area contributed by atoms with Crippen molar-refractivity contribution >= 4 is 0 Å². The summed E-state index contributed by atoms with van der Waals surface area (Å²) in [5, 5.41) is 3.56. The predicted octanol–water partition coefficient (Wildman–Crippen LogP) is 1.90. The molecule has 17 heavy (non-hydrogen) atoms. The van der Waals surface area contributed by atoms with E-state index in [0.29, 0.717) is 18.0 Å². The molecule has 1 aliphatic rings. The van der Waals surface area contributed by atoms with Crippen LogP contribution in [-0.2, 0) is 4.74 Å². The summed E-state index contributed by atoms with van der Waals surface area (Å²) in [6.45, 7) is 15.5. The summed E-state index contributed by atoms with van der Waals surface area (Å²) in [6, 6.07) is 1.24. The van der Waals surface area contributed by atoms with Crippen molar-refractivity contribution in [1.82, 2.24) is 10.2 Å². The molecule has 1 heterocycles. The summed E-state index contributed by atoms with van der Waals surface area (Å²) in [5.74, 6) is 0.697. The summed E-state index contributed by atoms with van der Waals surface area (Å²) in [5.41, 5.74) is 0. The van der Waals surface area contributed by atoms with Crippen molar-refractivity contribution in [3.63, 3.8) is 0 Å². The summed E-state index contributed by atoms with van der Waals surface area (Å²) in [6.07, 6.45) is 2.86. The topological polar surface area (TPSA) is 24.5 Å². The lowest BCUT2D eigenvalue weighted by Gasteiger charge is -2.41. The minimum Gasteiger partial charge on any atom is -0.380 e. The zero-order valence-corrected chi connectivity index (χ0v) is 11.6. The Morgan fingerprint density at radius 3 is 2.88 bits per heavy atom. The van der Waals surface area contributed by atoms with Crippen molar-refractivity contribution in [2.45, 2.75) is 39.3 Å². The van der Waals surface area contributed by atoms with Gasteiger partial charge >= 0.3 is 0 Å². The molecule has 1 rings (SSSR count). The lowest BCUT2D eigenvalue weighted by molar-refractivity contribution is 0.0540. The highest BCUT2D eigenvalue weighted by Crippen LogP contribution is 2.14. The molecule has 0 bridgehead atoms. The lowest BCUT2D eigenvalue weighted by atomic mass is 9.99. The van der Waals surface area contributed by atoms with E-state index in [0.717, 1.165) is 39.3 Å². The van der Waals surface area contributed by atoms with Gasteiger partial charge in [-0.3, -0.25) is 4.90 Å². The fraction of sp³-hybridized carbons (Fsp3) is 0.857. The standard InChI is InChI=1S/C14H28N2O/c1-5-6-8-17-9-7-16-11-13(4)15-10-14(16)12(2)3/h5,12-15H,1,6-11H2,2-4H3. The fourth-order valence-electron chi connectivity index (χ4n) is 2.37. The number of piperazine rings is 1. The van der Waals surface area contributed by atoms with Crippen LogP contribution in [0.3, 0.4) is 0 Å². The molecule has 0 saturated carbocycles.